The number of hydrogen-bond acceptors (Lipinski definition) is 5. The van der Waals surface area contributed by atoms with Gasteiger partial charge in [-0.05, 0) is 56.0 Å². The molecule has 0 unspecified atom stereocenters. The van der Waals surface area contributed by atoms with Crippen LogP contribution in [-0.2, 0) is 13.0 Å². The molecule has 1 amide bonds. The predicted molar refractivity (Wildman–Crippen MR) is 115 cm³/mol. The number of halogens is 1. The van der Waals surface area contributed by atoms with E-state index < -0.39 is 5.60 Å². The van der Waals surface area contributed by atoms with Gasteiger partial charge in [-0.15, -0.1) is 0 Å². The Hall–Kier alpha value is -3.19. The highest BCUT2D eigenvalue weighted by atomic mass is 19.1. The summed E-state index contributed by atoms with van der Waals surface area (Å²) in [6, 6.07) is 8.15. The summed E-state index contributed by atoms with van der Waals surface area (Å²) in [6.07, 6.45) is 2.60. The predicted octanol–water partition coefficient (Wildman–Crippen LogP) is 3.80. The van der Waals surface area contributed by atoms with Crippen molar-refractivity contribution >= 4 is 16.8 Å². The van der Waals surface area contributed by atoms with E-state index in [1.807, 2.05) is 6.07 Å². The van der Waals surface area contributed by atoms with E-state index in [1.165, 1.54) is 19.2 Å². The van der Waals surface area contributed by atoms with Crippen LogP contribution < -0.4 is 4.74 Å². The van der Waals surface area contributed by atoms with Crippen LogP contribution in [0.15, 0.2) is 36.5 Å². The standard InChI is InChI=1S/C24H25FN2O4/c1-24(2,30)8-9-27-13-18-19(23(27)29)21(28)20-17(22(18)31-3)11-15(12-26-20)10-14-4-6-16(25)7-5-14/h4-7,11-12,28,30H,8-10,13H2,1-3H3. The average molecular weight is 424 g/mol. The number of phenolic OH excluding ortho intramolecular Hbond substituents is 1. The summed E-state index contributed by atoms with van der Waals surface area (Å²) in [7, 11) is 1.53. The van der Waals surface area contributed by atoms with Gasteiger partial charge in [0.1, 0.15) is 17.1 Å². The lowest BCUT2D eigenvalue weighted by atomic mass is 9.99. The molecule has 0 spiro atoms. The molecule has 6 nitrogen and oxygen atoms in total. The van der Waals surface area contributed by atoms with Crippen LogP contribution in [-0.4, -0.2) is 45.3 Å². The SMILES string of the molecule is COc1c2c(c(O)c3ncc(Cc4ccc(F)cc4)cc13)C(=O)N(CCC(C)(C)O)C2. The Labute approximate surface area is 179 Å². The number of methoxy groups -OCH3 is 1. The third-order valence-electron chi connectivity index (χ3n) is 5.60. The highest BCUT2D eigenvalue weighted by Gasteiger charge is 2.36. The van der Waals surface area contributed by atoms with E-state index in [2.05, 4.69) is 4.98 Å². The van der Waals surface area contributed by atoms with E-state index in [0.29, 0.717) is 48.1 Å². The molecule has 31 heavy (non-hydrogen) atoms. The van der Waals surface area contributed by atoms with Crippen LogP contribution >= 0.6 is 0 Å². The van der Waals surface area contributed by atoms with Gasteiger partial charge in [-0.25, -0.2) is 4.39 Å². The Balaban J connectivity index is 1.73. The van der Waals surface area contributed by atoms with Crippen LogP contribution in [0.25, 0.3) is 10.9 Å². The lowest BCUT2D eigenvalue weighted by Crippen LogP contribution is -2.31. The van der Waals surface area contributed by atoms with Gasteiger partial charge in [-0.2, -0.15) is 0 Å². The molecule has 1 aliphatic rings. The van der Waals surface area contributed by atoms with Crippen molar-refractivity contribution in [3.63, 3.8) is 0 Å². The number of benzene rings is 2. The Morgan fingerprint density at radius 2 is 1.94 bits per heavy atom. The first-order valence-electron chi connectivity index (χ1n) is 10.1. The number of fused-ring (bicyclic) bond motifs is 2. The molecule has 1 aromatic heterocycles. The number of amides is 1. The van der Waals surface area contributed by atoms with Crippen LogP contribution in [0.1, 0.15) is 47.3 Å². The molecule has 0 fully saturated rings. The van der Waals surface area contributed by atoms with Gasteiger partial charge in [0.15, 0.2) is 5.75 Å². The van der Waals surface area contributed by atoms with Crippen LogP contribution in [0, 0.1) is 5.82 Å². The number of pyridine rings is 1. The summed E-state index contributed by atoms with van der Waals surface area (Å²) in [6.45, 7) is 4.04. The van der Waals surface area contributed by atoms with E-state index in [1.54, 1.807) is 37.1 Å². The fourth-order valence-corrected chi connectivity index (χ4v) is 3.97. The number of carbonyl (C=O) groups is 1. The summed E-state index contributed by atoms with van der Waals surface area (Å²) < 4.78 is 18.8. The molecule has 0 saturated heterocycles. The quantitative estimate of drug-likeness (QED) is 0.629. The molecule has 0 radical (unpaired) electrons. The van der Waals surface area contributed by atoms with Crippen molar-refractivity contribution in [3.05, 3.63) is 64.6 Å². The molecule has 2 N–H and O–H groups in total. The van der Waals surface area contributed by atoms with E-state index >= 15 is 0 Å². The fraction of sp³-hybridized carbons (Fsp3) is 0.333. The first-order chi connectivity index (χ1) is 14.7. The second kappa shape index (κ2) is 7.81. The monoisotopic (exact) mass is 424 g/mol. The summed E-state index contributed by atoms with van der Waals surface area (Å²) in [5.74, 6) is -0.235. The topological polar surface area (TPSA) is 82.9 Å². The van der Waals surface area contributed by atoms with Crippen LogP contribution in [0.2, 0.25) is 0 Å². The van der Waals surface area contributed by atoms with Gasteiger partial charge in [-0.3, -0.25) is 9.78 Å². The Bertz CT molecular complexity index is 1150. The normalized spacial score (nSPS) is 13.7. The van der Waals surface area contributed by atoms with Crippen molar-refractivity contribution in [2.75, 3.05) is 13.7 Å². The van der Waals surface area contributed by atoms with Gasteiger partial charge in [0, 0.05) is 23.7 Å². The molecule has 162 valence electrons. The minimum absolute atomic E-state index is 0.158. The zero-order valence-electron chi connectivity index (χ0n) is 17.8. The van der Waals surface area contributed by atoms with Gasteiger partial charge in [-0.1, -0.05) is 12.1 Å². The number of hydrogen-bond donors (Lipinski definition) is 2. The van der Waals surface area contributed by atoms with Gasteiger partial charge >= 0.3 is 0 Å². The van der Waals surface area contributed by atoms with Gasteiger partial charge in [0.05, 0.1) is 24.8 Å². The highest BCUT2D eigenvalue weighted by Crippen LogP contribution is 2.44. The summed E-state index contributed by atoms with van der Waals surface area (Å²) in [5.41, 5.74) is 2.03. The van der Waals surface area contributed by atoms with Crippen molar-refractivity contribution in [2.24, 2.45) is 0 Å². The van der Waals surface area contributed by atoms with Crippen molar-refractivity contribution in [3.8, 4) is 11.5 Å². The summed E-state index contributed by atoms with van der Waals surface area (Å²) >= 11 is 0. The molecule has 0 bridgehead atoms. The second-order valence-corrected chi connectivity index (χ2v) is 8.57. The molecule has 0 aliphatic carbocycles. The number of rotatable bonds is 6. The molecule has 3 aromatic rings. The smallest absolute Gasteiger partial charge is 0.258 e. The van der Waals surface area contributed by atoms with E-state index in [-0.39, 0.29) is 23.0 Å². The molecule has 4 rings (SSSR count). The van der Waals surface area contributed by atoms with Crippen molar-refractivity contribution < 1.29 is 24.1 Å². The van der Waals surface area contributed by atoms with Crippen molar-refractivity contribution in [1.29, 1.82) is 0 Å². The Kier molecular flexibility index (Phi) is 5.31. The number of carbonyl (C=O) groups excluding carboxylic acids is 1. The Morgan fingerprint density at radius 3 is 2.58 bits per heavy atom. The first-order valence-corrected chi connectivity index (χ1v) is 10.1. The summed E-state index contributed by atoms with van der Waals surface area (Å²) in [4.78, 5) is 19.0. The number of ether oxygens (including phenoxy) is 1. The highest BCUT2D eigenvalue weighted by molar-refractivity contribution is 6.08. The fourth-order valence-electron chi connectivity index (χ4n) is 3.97. The Morgan fingerprint density at radius 1 is 1.23 bits per heavy atom. The minimum atomic E-state index is -0.900. The molecule has 0 atom stereocenters. The molecule has 7 heteroatoms. The maximum atomic E-state index is 13.2. The molecule has 0 saturated carbocycles. The van der Waals surface area contributed by atoms with Crippen molar-refractivity contribution in [2.45, 2.75) is 38.8 Å². The average Bonchev–Trinajstić information content (AvgIpc) is 3.04. The molecular weight excluding hydrogens is 399 g/mol. The zero-order valence-corrected chi connectivity index (χ0v) is 17.8. The third-order valence-corrected chi connectivity index (χ3v) is 5.60. The van der Waals surface area contributed by atoms with Gasteiger partial charge < -0.3 is 19.8 Å². The number of aromatic nitrogens is 1. The number of nitrogens with zero attached hydrogens (tertiary/aromatic N) is 2. The van der Waals surface area contributed by atoms with Crippen LogP contribution in [0.5, 0.6) is 11.5 Å². The minimum Gasteiger partial charge on any atom is -0.505 e. The van der Waals surface area contributed by atoms with Gasteiger partial charge in [0.25, 0.3) is 5.91 Å². The maximum Gasteiger partial charge on any atom is 0.258 e. The number of aromatic hydroxyl groups is 1. The second-order valence-electron chi connectivity index (χ2n) is 8.57. The first kappa shape index (κ1) is 21.1. The van der Waals surface area contributed by atoms with Crippen molar-refractivity contribution in [1.82, 2.24) is 9.88 Å². The summed E-state index contributed by atoms with van der Waals surface area (Å²) in [5, 5.41) is 21.5. The molecule has 2 aromatic carbocycles. The van der Waals surface area contributed by atoms with Gasteiger partial charge in [0.2, 0.25) is 0 Å². The number of phenols is 1. The lowest BCUT2D eigenvalue weighted by Gasteiger charge is -2.22. The zero-order chi connectivity index (χ0) is 22.3. The van der Waals surface area contributed by atoms with E-state index in [9.17, 15) is 19.4 Å². The third kappa shape index (κ3) is 4.05. The van der Waals surface area contributed by atoms with Crippen LogP contribution in [0.4, 0.5) is 4.39 Å². The van der Waals surface area contributed by atoms with E-state index in [0.717, 1.165) is 11.1 Å². The molecule has 1 aliphatic heterocycles. The maximum absolute atomic E-state index is 13.2. The molecular formula is C24H25FN2O4. The number of aliphatic hydroxyl groups is 1. The van der Waals surface area contributed by atoms with E-state index in [4.69, 9.17) is 4.74 Å². The van der Waals surface area contributed by atoms with Crippen LogP contribution in [0.3, 0.4) is 0 Å². The largest absolute Gasteiger partial charge is 0.505 e. The lowest BCUT2D eigenvalue weighted by molar-refractivity contribution is 0.0516. The molecule has 2 heterocycles.